The standard InChI is InChI=1S/C12H23NO5S/c1-9-5-4-6-12(15,7-9)8-13-19(16,17)10(2)11(14)18-3/h9-10,13,15H,4-8H2,1-3H3. The highest BCUT2D eigenvalue weighted by Crippen LogP contribution is 2.31. The van der Waals surface area contributed by atoms with Crippen molar-refractivity contribution in [2.75, 3.05) is 13.7 Å². The summed E-state index contributed by atoms with van der Waals surface area (Å²) in [6, 6.07) is 0. The van der Waals surface area contributed by atoms with Gasteiger partial charge in [0.1, 0.15) is 0 Å². The highest BCUT2D eigenvalue weighted by molar-refractivity contribution is 7.90. The quantitative estimate of drug-likeness (QED) is 0.716. The molecule has 2 N–H and O–H groups in total. The smallest absolute Gasteiger partial charge is 0.325 e. The number of carbonyl (C=O) groups excluding carboxylic acids is 1. The zero-order valence-corrected chi connectivity index (χ0v) is 12.5. The first-order valence-electron chi connectivity index (χ1n) is 6.49. The van der Waals surface area contributed by atoms with Gasteiger partial charge in [0, 0.05) is 6.54 Å². The Morgan fingerprint density at radius 1 is 1.58 bits per heavy atom. The molecule has 6 nitrogen and oxygen atoms in total. The molecule has 0 spiro atoms. The zero-order chi connectivity index (χ0) is 14.7. The maximum Gasteiger partial charge on any atom is 0.325 e. The third-order valence-electron chi connectivity index (χ3n) is 3.67. The second-order valence-corrected chi connectivity index (χ2v) is 7.54. The van der Waals surface area contributed by atoms with Gasteiger partial charge in [-0.1, -0.05) is 19.8 Å². The third kappa shape index (κ3) is 4.43. The fourth-order valence-corrected chi connectivity index (χ4v) is 3.51. The molecule has 112 valence electrons. The van der Waals surface area contributed by atoms with E-state index in [-0.39, 0.29) is 6.54 Å². The number of esters is 1. The van der Waals surface area contributed by atoms with Gasteiger partial charge < -0.3 is 9.84 Å². The van der Waals surface area contributed by atoms with E-state index in [0.717, 1.165) is 20.0 Å². The lowest BCUT2D eigenvalue weighted by Gasteiger charge is -2.35. The average molecular weight is 293 g/mol. The van der Waals surface area contributed by atoms with Crippen LogP contribution in [0.2, 0.25) is 0 Å². The van der Waals surface area contributed by atoms with Crippen LogP contribution in [0.1, 0.15) is 39.5 Å². The monoisotopic (exact) mass is 293 g/mol. The molecule has 7 heteroatoms. The van der Waals surface area contributed by atoms with Crippen molar-refractivity contribution in [3.8, 4) is 0 Å². The third-order valence-corrected chi connectivity index (χ3v) is 5.34. The van der Waals surface area contributed by atoms with Crippen molar-refractivity contribution in [2.45, 2.75) is 50.4 Å². The van der Waals surface area contributed by atoms with Crippen molar-refractivity contribution < 1.29 is 23.1 Å². The van der Waals surface area contributed by atoms with Crippen molar-refractivity contribution in [1.29, 1.82) is 0 Å². The molecule has 0 aliphatic heterocycles. The molecule has 0 aromatic carbocycles. The Balaban J connectivity index is 2.62. The molecule has 1 rings (SSSR count). The predicted octanol–water partition coefficient (Wildman–Crippen LogP) is 0.408. The maximum atomic E-state index is 11.9. The van der Waals surface area contributed by atoms with Gasteiger partial charge in [-0.2, -0.15) is 0 Å². The summed E-state index contributed by atoms with van der Waals surface area (Å²) < 4.78 is 30.5. The molecule has 3 unspecified atom stereocenters. The van der Waals surface area contributed by atoms with E-state index >= 15 is 0 Å². The lowest BCUT2D eigenvalue weighted by Crippen LogP contribution is -2.48. The van der Waals surface area contributed by atoms with Crippen LogP contribution in [0.5, 0.6) is 0 Å². The van der Waals surface area contributed by atoms with Crippen molar-refractivity contribution >= 4 is 16.0 Å². The highest BCUT2D eigenvalue weighted by atomic mass is 32.2. The maximum absolute atomic E-state index is 11.9. The van der Waals surface area contributed by atoms with Crippen LogP contribution >= 0.6 is 0 Å². The zero-order valence-electron chi connectivity index (χ0n) is 11.7. The molecular formula is C12H23NO5S. The summed E-state index contributed by atoms with van der Waals surface area (Å²) >= 11 is 0. The number of aliphatic hydroxyl groups is 1. The van der Waals surface area contributed by atoms with Gasteiger partial charge in [0.05, 0.1) is 12.7 Å². The molecule has 0 saturated heterocycles. The average Bonchev–Trinajstić information content (AvgIpc) is 2.34. The Morgan fingerprint density at radius 3 is 2.74 bits per heavy atom. The lowest BCUT2D eigenvalue weighted by atomic mass is 9.79. The Morgan fingerprint density at radius 2 is 2.21 bits per heavy atom. The number of methoxy groups -OCH3 is 1. The number of sulfonamides is 1. The van der Waals surface area contributed by atoms with Gasteiger partial charge >= 0.3 is 5.97 Å². The number of nitrogens with one attached hydrogen (secondary N) is 1. The second-order valence-electron chi connectivity index (χ2n) is 5.46. The van der Waals surface area contributed by atoms with Crippen LogP contribution in [-0.4, -0.2) is 44.0 Å². The summed E-state index contributed by atoms with van der Waals surface area (Å²) in [7, 11) is -2.67. The van der Waals surface area contributed by atoms with Crippen LogP contribution in [0.15, 0.2) is 0 Å². The first-order chi connectivity index (χ1) is 8.70. The van der Waals surface area contributed by atoms with Gasteiger partial charge in [0.25, 0.3) is 0 Å². The van der Waals surface area contributed by atoms with Crippen LogP contribution < -0.4 is 4.72 Å². The molecule has 1 aliphatic carbocycles. The molecule has 0 aromatic heterocycles. The van der Waals surface area contributed by atoms with Crippen LogP contribution in [0, 0.1) is 5.92 Å². The van der Waals surface area contributed by atoms with E-state index in [1.807, 2.05) is 6.92 Å². The number of hydrogen-bond acceptors (Lipinski definition) is 5. The van der Waals surface area contributed by atoms with Gasteiger partial charge in [0.2, 0.25) is 10.0 Å². The van der Waals surface area contributed by atoms with Gasteiger partial charge in [-0.05, 0) is 25.7 Å². The summed E-state index contributed by atoms with van der Waals surface area (Å²) in [5, 5.41) is 9.06. The van der Waals surface area contributed by atoms with Gasteiger partial charge in [-0.15, -0.1) is 0 Å². The molecule has 1 saturated carbocycles. The van der Waals surface area contributed by atoms with Crippen LogP contribution in [0.25, 0.3) is 0 Å². The van der Waals surface area contributed by atoms with E-state index in [4.69, 9.17) is 0 Å². The molecule has 1 aliphatic rings. The SMILES string of the molecule is COC(=O)C(C)S(=O)(=O)NCC1(O)CCCC(C)C1. The topological polar surface area (TPSA) is 92.7 Å². The van der Waals surface area contributed by atoms with E-state index in [1.54, 1.807) is 0 Å². The van der Waals surface area contributed by atoms with Crippen LogP contribution in [0.4, 0.5) is 0 Å². The summed E-state index contributed by atoms with van der Waals surface area (Å²) in [4.78, 5) is 11.2. The van der Waals surface area contributed by atoms with Gasteiger partial charge in [0.15, 0.2) is 5.25 Å². The first kappa shape index (κ1) is 16.4. The molecular weight excluding hydrogens is 270 g/mol. The van der Waals surface area contributed by atoms with Gasteiger partial charge in [-0.25, -0.2) is 13.1 Å². The van der Waals surface area contributed by atoms with Crippen molar-refractivity contribution in [2.24, 2.45) is 5.92 Å². The second kappa shape index (κ2) is 6.19. The predicted molar refractivity (Wildman–Crippen MR) is 71.0 cm³/mol. The molecule has 0 aromatic rings. The number of ether oxygens (including phenoxy) is 1. The minimum atomic E-state index is -3.81. The number of hydrogen-bond donors (Lipinski definition) is 2. The minimum Gasteiger partial charge on any atom is -0.468 e. The van der Waals surface area contributed by atoms with E-state index in [1.165, 1.54) is 6.92 Å². The van der Waals surface area contributed by atoms with E-state index in [2.05, 4.69) is 9.46 Å². The normalized spacial score (nSPS) is 29.8. The fraction of sp³-hybridized carbons (Fsp3) is 0.917. The number of carbonyl (C=O) groups is 1. The van der Waals surface area contributed by atoms with Crippen LogP contribution in [0.3, 0.4) is 0 Å². The fourth-order valence-electron chi connectivity index (χ4n) is 2.45. The molecule has 3 atom stereocenters. The summed E-state index contributed by atoms with van der Waals surface area (Å²) in [6.45, 7) is 3.25. The Labute approximate surface area is 114 Å². The Hall–Kier alpha value is -0.660. The summed E-state index contributed by atoms with van der Waals surface area (Å²) in [5.74, 6) is -0.433. The van der Waals surface area contributed by atoms with Gasteiger partial charge in [-0.3, -0.25) is 4.79 Å². The van der Waals surface area contributed by atoms with E-state index < -0.39 is 26.8 Å². The Bertz CT molecular complexity index is 422. The van der Waals surface area contributed by atoms with Crippen molar-refractivity contribution in [1.82, 2.24) is 4.72 Å². The molecule has 19 heavy (non-hydrogen) atoms. The molecule has 0 amide bonds. The largest absolute Gasteiger partial charge is 0.468 e. The lowest BCUT2D eigenvalue weighted by molar-refractivity contribution is -0.139. The molecule has 0 bridgehead atoms. The van der Waals surface area contributed by atoms with Crippen molar-refractivity contribution in [3.63, 3.8) is 0 Å². The summed E-state index contributed by atoms with van der Waals surface area (Å²) in [5.41, 5.74) is -1.01. The minimum absolute atomic E-state index is 0.0546. The molecule has 0 heterocycles. The first-order valence-corrected chi connectivity index (χ1v) is 8.03. The van der Waals surface area contributed by atoms with Crippen molar-refractivity contribution in [3.05, 3.63) is 0 Å². The van der Waals surface area contributed by atoms with E-state index in [0.29, 0.717) is 18.8 Å². The summed E-state index contributed by atoms with van der Waals surface area (Å²) in [6.07, 6.45) is 3.08. The molecule has 0 radical (unpaired) electrons. The molecule has 1 fully saturated rings. The Kier molecular flexibility index (Phi) is 5.34. The van der Waals surface area contributed by atoms with Crippen LogP contribution in [-0.2, 0) is 19.6 Å². The van der Waals surface area contributed by atoms with E-state index in [9.17, 15) is 18.3 Å². The number of rotatable bonds is 5. The highest BCUT2D eigenvalue weighted by Gasteiger charge is 2.36.